The highest BCUT2D eigenvalue weighted by molar-refractivity contribution is 6.42. The molecule has 0 fully saturated rings. The molecule has 100 valence electrons. The maximum Gasteiger partial charge on any atom is 0.116 e. The Labute approximate surface area is 125 Å². The monoisotopic (exact) mass is 304 g/mol. The molecule has 0 atom stereocenters. The standard InChI is InChI=1S/C14H10Cl2N4/c15-11-2-1-10(7-12(11)16)20-8-13(17)14(19-20)9-3-5-18-6-4-9/h1-8H,17H2. The summed E-state index contributed by atoms with van der Waals surface area (Å²) in [7, 11) is 0. The van der Waals surface area contributed by atoms with Crippen LogP contribution >= 0.6 is 23.2 Å². The van der Waals surface area contributed by atoms with Crippen LogP contribution in [-0.4, -0.2) is 14.8 Å². The predicted octanol–water partition coefficient (Wildman–Crippen LogP) is 3.82. The van der Waals surface area contributed by atoms with E-state index in [4.69, 9.17) is 28.9 Å². The minimum atomic E-state index is 0.476. The van der Waals surface area contributed by atoms with Gasteiger partial charge in [0.2, 0.25) is 0 Å². The van der Waals surface area contributed by atoms with Crippen LogP contribution < -0.4 is 5.73 Å². The van der Waals surface area contributed by atoms with Gasteiger partial charge in [-0.1, -0.05) is 23.2 Å². The first-order chi connectivity index (χ1) is 9.65. The van der Waals surface area contributed by atoms with Crippen molar-refractivity contribution in [3.63, 3.8) is 0 Å². The fourth-order valence-corrected chi connectivity index (χ4v) is 2.17. The van der Waals surface area contributed by atoms with Gasteiger partial charge < -0.3 is 5.73 Å². The zero-order valence-electron chi connectivity index (χ0n) is 10.3. The van der Waals surface area contributed by atoms with Crippen LogP contribution in [0.3, 0.4) is 0 Å². The van der Waals surface area contributed by atoms with Gasteiger partial charge in [-0.25, -0.2) is 4.68 Å². The van der Waals surface area contributed by atoms with Crippen LogP contribution in [0.25, 0.3) is 16.9 Å². The van der Waals surface area contributed by atoms with Gasteiger partial charge in [0.05, 0.1) is 27.6 Å². The van der Waals surface area contributed by atoms with E-state index in [1.165, 1.54) is 0 Å². The summed E-state index contributed by atoms with van der Waals surface area (Å²) in [6.07, 6.45) is 5.15. The fraction of sp³-hybridized carbons (Fsp3) is 0. The van der Waals surface area contributed by atoms with E-state index in [0.717, 1.165) is 11.3 Å². The minimum Gasteiger partial charge on any atom is -0.396 e. The van der Waals surface area contributed by atoms with Gasteiger partial charge in [-0.3, -0.25) is 4.98 Å². The van der Waals surface area contributed by atoms with E-state index >= 15 is 0 Å². The molecule has 3 rings (SSSR count). The van der Waals surface area contributed by atoms with E-state index in [-0.39, 0.29) is 0 Å². The molecule has 2 N–H and O–H groups in total. The topological polar surface area (TPSA) is 56.7 Å². The molecule has 2 heterocycles. The van der Waals surface area contributed by atoms with Crippen molar-refractivity contribution in [1.29, 1.82) is 0 Å². The second-order valence-electron chi connectivity index (χ2n) is 4.21. The van der Waals surface area contributed by atoms with E-state index in [1.54, 1.807) is 35.4 Å². The SMILES string of the molecule is Nc1cn(-c2ccc(Cl)c(Cl)c2)nc1-c1ccncc1. The molecule has 0 radical (unpaired) electrons. The van der Waals surface area contributed by atoms with Gasteiger partial charge in [-0.05, 0) is 30.3 Å². The van der Waals surface area contributed by atoms with Crippen molar-refractivity contribution in [2.45, 2.75) is 0 Å². The van der Waals surface area contributed by atoms with Gasteiger partial charge in [-0.15, -0.1) is 0 Å². The van der Waals surface area contributed by atoms with Crippen LogP contribution in [0, 0.1) is 0 Å². The number of halogens is 2. The van der Waals surface area contributed by atoms with Crippen molar-refractivity contribution >= 4 is 28.9 Å². The van der Waals surface area contributed by atoms with Crippen LogP contribution in [0.15, 0.2) is 48.9 Å². The number of rotatable bonds is 2. The molecule has 2 aromatic heterocycles. The average Bonchev–Trinajstić information content (AvgIpc) is 2.85. The molecule has 0 saturated carbocycles. The zero-order chi connectivity index (χ0) is 14.1. The molecule has 6 heteroatoms. The summed E-state index contributed by atoms with van der Waals surface area (Å²) in [5, 5.41) is 5.46. The Morgan fingerprint density at radius 2 is 1.75 bits per heavy atom. The van der Waals surface area contributed by atoms with Crippen LogP contribution in [0.2, 0.25) is 10.0 Å². The third-order valence-corrected chi connectivity index (χ3v) is 3.60. The Morgan fingerprint density at radius 1 is 1.00 bits per heavy atom. The van der Waals surface area contributed by atoms with Crippen LogP contribution in [-0.2, 0) is 0 Å². The quantitative estimate of drug-likeness (QED) is 0.783. The summed E-state index contributed by atoms with van der Waals surface area (Å²) in [5.41, 5.74) is 9.02. The summed E-state index contributed by atoms with van der Waals surface area (Å²) in [6, 6.07) is 9.02. The highest BCUT2D eigenvalue weighted by Gasteiger charge is 2.10. The zero-order valence-corrected chi connectivity index (χ0v) is 11.8. The Kier molecular flexibility index (Phi) is 3.34. The number of pyridine rings is 1. The Morgan fingerprint density at radius 3 is 2.45 bits per heavy atom. The van der Waals surface area contributed by atoms with Crippen molar-refractivity contribution in [3.05, 3.63) is 59.0 Å². The number of nitrogens with two attached hydrogens (primary N) is 1. The summed E-state index contributed by atoms with van der Waals surface area (Å²) < 4.78 is 1.67. The number of hydrogen-bond acceptors (Lipinski definition) is 3. The number of aromatic nitrogens is 3. The third-order valence-electron chi connectivity index (χ3n) is 2.86. The van der Waals surface area contributed by atoms with E-state index in [9.17, 15) is 0 Å². The molecule has 0 amide bonds. The average molecular weight is 305 g/mol. The van der Waals surface area contributed by atoms with Gasteiger partial charge in [-0.2, -0.15) is 5.10 Å². The van der Waals surface area contributed by atoms with Gasteiger partial charge in [0.25, 0.3) is 0 Å². The largest absolute Gasteiger partial charge is 0.396 e. The Hall–Kier alpha value is -2.04. The lowest BCUT2D eigenvalue weighted by atomic mass is 10.2. The molecule has 0 aliphatic rings. The number of anilines is 1. The molecule has 4 nitrogen and oxygen atoms in total. The van der Waals surface area contributed by atoms with Gasteiger partial charge in [0.1, 0.15) is 5.69 Å². The van der Waals surface area contributed by atoms with Crippen molar-refractivity contribution < 1.29 is 0 Å². The lowest BCUT2D eigenvalue weighted by Crippen LogP contribution is -1.94. The molecule has 0 aliphatic carbocycles. The van der Waals surface area contributed by atoms with Crippen LogP contribution in [0.4, 0.5) is 5.69 Å². The molecule has 20 heavy (non-hydrogen) atoms. The molecule has 0 saturated heterocycles. The lowest BCUT2D eigenvalue weighted by Gasteiger charge is -2.02. The second-order valence-corrected chi connectivity index (χ2v) is 5.03. The Bertz CT molecular complexity index is 753. The van der Waals surface area contributed by atoms with E-state index in [1.807, 2.05) is 18.2 Å². The van der Waals surface area contributed by atoms with Crippen molar-refractivity contribution in [3.8, 4) is 16.9 Å². The van der Waals surface area contributed by atoms with Crippen molar-refractivity contribution in [2.24, 2.45) is 0 Å². The van der Waals surface area contributed by atoms with E-state index in [0.29, 0.717) is 21.4 Å². The van der Waals surface area contributed by atoms with Gasteiger partial charge >= 0.3 is 0 Å². The molecule has 0 bridgehead atoms. The molecular weight excluding hydrogens is 295 g/mol. The highest BCUT2D eigenvalue weighted by Crippen LogP contribution is 2.27. The first-order valence-electron chi connectivity index (χ1n) is 5.86. The van der Waals surface area contributed by atoms with E-state index < -0.39 is 0 Å². The Balaban J connectivity index is 2.06. The minimum absolute atomic E-state index is 0.476. The molecule has 0 unspecified atom stereocenters. The number of nitrogen functional groups attached to an aromatic ring is 1. The molecule has 0 aliphatic heterocycles. The van der Waals surface area contributed by atoms with Gasteiger partial charge in [0.15, 0.2) is 0 Å². The fourth-order valence-electron chi connectivity index (χ4n) is 1.88. The highest BCUT2D eigenvalue weighted by atomic mass is 35.5. The maximum absolute atomic E-state index is 6.02. The summed E-state index contributed by atoms with van der Waals surface area (Å²) >= 11 is 11.9. The second kappa shape index (κ2) is 5.15. The summed E-state index contributed by atoms with van der Waals surface area (Å²) in [6.45, 7) is 0. The summed E-state index contributed by atoms with van der Waals surface area (Å²) in [4.78, 5) is 3.98. The predicted molar refractivity (Wildman–Crippen MR) is 81.2 cm³/mol. The molecule has 1 aromatic carbocycles. The molecule has 0 spiro atoms. The first-order valence-corrected chi connectivity index (χ1v) is 6.62. The van der Waals surface area contributed by atoms with Crippen LogP contribution in [0.5, 0.6) is 0 Å². The van der Waals surface area contributed by atoms with Crippen molar-refractivity contribution in [1.82, 2.24) is 14.8 Å². The number of hydrogen-bond donors (Lipinski definition) is 1. The maximum atomic E-state index is 6.02. The number of nitrogens with zero attached hydrogens (tertiary/aromatic N) is 3. The normalized spacial score (nSPS) is 10.7. The van der Waals surface area contributed by atoms with Gasteiger partial charge in [0, 0.05) is 18.0 Å². The van der Waals surface area contributed by atoms with Crippen LogP contribution in [0.1, 0.15) is 0 Å². The molecule has 3 aromatic rings. The summed E-state index contributed by atoms with van der Waals surface area (Å²) in [5.74, 6) is 0. The lowest BCUT2D eigenvalue weighted by molar-refractivity contribution is 0.884. The van der Waals surface area contributed by atoms with E-state index in [2.05, 4.69) is 10.1 Å². The van der Waals surface area contributed by atoms with Crippen molar-refractivity contribution in [2.75, 3.05) is 5.73 Å². The molecular formula is C14H10Cl2N4. The third kappa shape index (κ3) is 2.35. The first kappa shape index (κ1) is 13.0. The number of benzene rings is 1. The smallest absolute Gasteiger partial charge is 0.116 e.